The van der Waals surface area contributed by atoms with Crippen molar-refractivity contribution in [3.8, 4) is 0 Å². The fourth-order valence-corrected chi connectivity index (χ4v) is 6.16. The smallest absolute Gasteiger partial charge is 0.332 e. The number of imide groups is 1. The number of nitrogens with zero attached hydrogens (tertiary/aromatic N) is 3. The molecule has 3 heterocycles. The van der Waals surface area contributed by atoms with Gasteiger partial charge in [0.15, 0.2) is 10.7 Å². The van der Waals surface area contributed by atoms with Gasteiger partial charge in [0.2, 0.25) is 11.8 Å². The largest absolute Gasteiger partial charge is 0.467 e. The molecule has 1 aliphatic carbocycles. The lowest BCUT2D eigenvalue weighted by molar-refractivity contribution is -0.158. The molecule has 0 bridgehead atoms. The number of fused-ring (bicyclic) bond motifs is 3. The molecule has 7 nitrogen and oxygen atoms in total. The molecule has 0 radical (unpaired) electrons. The summed E-state index contributed by atoms with van der Waals surface area (Å²) < 4.78 is 5.16. The van der Waals surface area contributed by atoms with Crippen molar-refractivity contribution in [2.75, 3.05) is 26.0 Å². The molecule has 8 heteroatoms. The summed E-state index contributed by atoms with van der Waals surface area (Å²) in [6, 6.07) is -0.228. The number of carbonyl (C=O) groups is 3. The van der Waals surface area contributed by atoms with Crippen molar-refractivity contribution in [2.24, 2.45) is 22.7 Å². The Balaban J connectivity index is 1.75. The lowest BCUT2D eigenvalue weighted by atomic mass is 9.78. The predicted octanol–water partition coefficient (Wildman–Crippen LogP) is 1.13. The van der Waals surface area contributed by atoms with Crippen molar-refractivity contribution in [1.82, 2.24) is 9.80 Å². The molecule has 0 aromatic rings. The molecule has 0 spiro atoms. The molecule has 0 aromatic heterocycles. The molecule has 2 amide bonds. The SMILES string of the molecule is CCN1C(=O)[C@H]2[C@H]3CN=C(SCC4CC4)N3[C@@](CC)(C(=O)OC)[C@H]2C1=O. The van der Waals surface area contributed by atoms with Crippen LogP contribution in [-0.2, 0) is 19.1 Å². The first-order valence-electron chi connectivity index (χ1n) is 9.41. The number of amides is 2. The molecule has 0 aromatic carbocycles. The number of esters is 1. The van der Waals surface area contributed by atoms with Gasteiger partial charge in [-0.25, -0.2) is 4.79 Å². The van der Waals surface area contributed by atoms with Crippen LogP contribution in [0.15, 0.2) is 4.99 Å². The van der Waals surface area contributed by atoms with Crippen molar-refractivity contribution in [2.45, 2.75) is 44.7 Å². The third-order valence-electron chi connectivity index (χ3n) is 6.29. The van der Waals surface area contributed by atoms with Gasteiger partial charge in [0, 0.05) is 12.3 Å². The van der Waals surface area contributed by atoms with E-state index in [1.165, 1.54) is 24.9 Å². The summed E-state index contributed by atoms with van der Waals surface area (Å²) in [5.74, 6) is -0.332. The molecular weight excluding hydrogens is 354 g/mol. The van der Waals surface area contributed by atoms with Crippen LogP contribution < -0.4 is 0 Å². The zero-order valence-corrected chi connectivity index (χ0v) is 16.3. The van der Waals surface area contributed by atoms with E-state index in [-0.39, 0.29) is 17.9 Å². The summed E-state index contributed by atoms with van der Waals surface area (Å²) in [6.45, 7) is 4.48. The topological polar surface area (TPSA) is 79.3 Å². The minimum atomic E-state index is -1.13. The fraction of sp³-hybridized carbons (Fsp3) is 0.778. The van der Waals surface area contributed by atoms with Gasteiger partial charge in [-0.1, -0.05) is 18.7 Å². The third kappa shape index (κ3) is 2.20. The first kappa shape index (κ1) is 17.8. The summed E-state index contributed by atoms with van der Waals surface area (Å²) in [4.78, 5) is 46.9. The molecule has 0 N–H and O–H groups in total. The normalized spacial score (nSPS) is 35.7. The molecule has 0 unspecified atom stereocenters. The third-order valence-corrected chi connectivity index (χ3v) is 7.51. The summed E-state index contributed by atoms with van der Waals surface area (Å²) in [7, 11) is 1.35. The van der Waals surface area contributed by atoms with Gasteiger partial charge in [-0.2, -0.15) is 0 Å². The van der Waals surface area contributed by atoms with E-state index in [2.05, 4.69) is 4.99 Å². The second-order valence-electron chi connectivity index (χ2n) is 7.51. The summed E-state index contributed by atoms with van der Waals surface area (Å²) >= 11 is 1.66. The van der Waals surface area contributed by atoms with E-state index in [1.807, 2.05) is 11.8 Å². The van der Waals surface area contributed by atoms with Crippen LogP contribution in [0.25, 0.3) is 0 Å². The number of carbonyl (C=O) groups excluding carboxylic acids is 3. The van der Waals surface area contributed by atoms with E-state index in [4.69, 9.17) is 4.74 Å². The molecule has 4 rings (SSSR count). The van der Waals surface area contributed by atoms with Crippen molar-refractivity contribution in [3.63, 3.8) is 0 Å². The molecular formula is C18H25N3O4S. The Kier molecular flexibility index (Phi) is 4.28. The van der Waals surface area contributed by atoms with Crippen LogP contribution in [0.2, 0.25) is 0 Å². The monoisotopic (exact) mass is 379 g/mol. The second kappa shape index (κ2) is 6.25. The number of aliphatic imine (C=N–C) groups is 1. The number of methoxy groups -OCH3 is 1. The van der Waals surface area contributed by atoms with Crippen LogP contribution in [0.3, 0.4) is 0 Å². The van der Waals surface area contributed by atoms with Crippen LogP contribution in [0.4, 0.5) is 0 Å². The highest BCUT2D eigenvalue weighted by Gasteiger charge is 2.73. The average Bonchev–Trinajstić information content (AvgIpc) is 3.23. The summed E-state index contributed by atoms with van der Waals surface area (Å²) in [5, 5.41) is 0.798. The van der Waals surface area contributed by atoms with E-state index < -0.39 is 23.3 Å². The molecule has 4 atom stereocenters. The maximum absolute atomic E-state index is 13.1. The van der Waals surface area contributed by atoms with Gasteiger partial charge in [-0.3, -0.25) is 19.5 Å². The van der Waals surface area contributed by atoms with Crippen LogP contribution in [0.1, 0.15) is 33.1 Å². The van der Waals surface area contributed by atoms with Crippen LogP contribution >= 0.6 is 11.8 Å². The minimum Gasteiger partial charge on any atom is -0.467 e. The maximum Gasteiger partial charge on any atom is 0.332 e. The number of likely N-dealkylation sites (tertiary alicyclic amines) is 1. The van der Waals surface area contributed by atoms with Gasteiger partial charge in [0.1, 0.15) is 0 Å². The Morgan fingerprint density at radius 2 is 2.04 bits per heavy atom. The Labute approximate surface area is 157 Å². The highest BCUT2D eigenvalue weighted by atomic mass is 32.2. The van der Waals surface area contributed by atoms with Crippen LogP contribution in [0, 0.1) is 17.8 Å². The number of hydrogen-bond acceptors (Lipinski definition) is 7. The maximum atomic E-state index is 13.1. The van der Waals surface area contributed by atoms with Crippen molar-refractivity contribution >= 4 is 34.7 Å². The zero-order valence-electron chi connectivity index (χ0n) is 15.4. The number of amidine groups is 1. The zero-order chi connectivity index (χ0) is 18.6. The quantitative estimate of drug-likeness (QED) is 0.526. The molecule has 2 saturated heterocycles. The van der Waals surface area contributed by atoms with E-state index in [0.29, 0.717) is 19.5 Å². The van der Waals surface area contributed by atoms with Gasteiger partial charge < -0.3 is 9.64 Å². The van der Waals surface area contributed by atoms with E-state index in [1.54, 1.807) is 18.7 Å². The fourth-order valence-electron chi connectivity index (χ4n) is 4.84. The van der Waals surface area contributed by atoms with E-state index >= 15 is 0 Å². The molecule has 142 valence electrons. The van der Waals surface area contributed by atoms with Gasteiger partial charge >= 0.3 is 5.97 Å². The van der Waals surface area contributed by atoms with E-state index in [0.717, 1.165) is 16.8 Å². The van der Waals surface area contributed by atoms with Gasteiger partial charge in [0.05, 0.1) is 31.5 Å². The lowest BCUT2D eigenvalue weighted by Crippen LogP contribution is -2.59. The Bertz CT molecular complexity index is 692. The Hall–Kier alpha value is -1.57. The number of ether oxygens (including phenoxy) is 1. The first-order valence-corrected chi connectivity index (χ1v) is 10.4. The highest BCUT2D eigenvalue weighted by Crippen LogP contribution is 2.54. The minimum absolute atomic E-state index is 0.166. The second-order valence-corrected chi connectivity index (χ2v) is 8.50. The first-order chi connectivity index (χ1) is 12.5. The van der Waals surface area contributed by atoms with Crippen LogP contribution in [0.5, 0.6) is 0 Å². The Morgan fingerprint density at radius 1 is 1.31 bits per heavy atom. The van der Waals surface area contributed by atoms with Gasteiger partial charge in [-0.15, -0.1) is 0 Å². The lowest BCUT2D eigenvalue weighted by Gasteiger charge is -2.39. The molecule has 3 fully saturated rings. The predicted molar refractivity (Wildman–Crippen MR) is 97.5 cm³/mol. The standard InChI is InChI=1S/C18H25N3O4S/c1-4-18(16(24)25-3)13-12(14(22)20(5-2)15(13)23)11-8-19-17(21(11)18)26-9-10-6-7-10/h10-13H,4-9H2,1-3H3/t11-,12+,13-,18-/m1/s1. The molecule has 26 heavy (non-hydrogen) atoms. The number of thioether (sulfide) groups is 1. The highest BCUT2D eigenvalue weighted by molar-refractivity contribution is 8.13. The van der Waals surface area contributed by atoms with Crippen molar-refractivity contribution in [3.05, 3.63) is 0 Å². The molecule has 1 saturated carbocycles. The molecule has 3 aliphatic heterocycles. The van der Waals surface area contributed by atoms with Crippen molar-refractivity contribution in [1.29, 1.82) is 0 Å². The number of rotatable bonds is 5. The Morgan fingerprint density at radius 3 is 2.62 bits per heavy atom. The van der Waals surface area contributed by atoms with Crippen LogP contribution in [-0.4, -0.2) is 70.3 Å². The molecule has 4 aliphatic rings. The van der Waals surface area contributed by atoms with Gasteiger partial charge in [-0.05, 0) is 32.1 Å². The van der Waals surface area contributed by atoms with E-state index in [9.17, 15) is 14.4 Å². The van der Waals surface area contributed by atoms with Crippen molar-refractivity contribution < 1.29 is 19.1 Å². The summed E-state index contributed by atoms with van der Waals surface area (Å²) in [6.07, 6.45) is 2.90. The average molecular weight is 379 g/mol. The summed E-state index contributed by atoms with van der Waals surface area (Å²) in [5.41, 5.74) is -1.13. The van der Waals surface area contributed by atoms with Gasteiger partial charge in [0.25, 0.3) is 0 Å². The number of hydrogen-bond donors (Lipinski definition) is 0.